The third-order valence-electron chi connectivity index (χ3n) is 5.68. The van der Waals surface area contributed by atoms with Crippen LogP contribution in [0.3, 0.4) is 0 Å². The lowest BCUT2D eigenvalue weighted by atomic mass is 9.96. The molecule has 32 heavy (non-hydrogen) atoms. The van der Waals surface area contributed by atoms with E-state index in [0.717, 1.165) is 16.8 Å². The van der Waals surface area contributed by atoms with E-state index in [1.807, 2.05) is 36.4 Å². The second-order valence-electron chi connectivity index (χ2n) is 7.74. The third-order valence-corrected chi connectivity index (χ3v) is 5.93. The molecule has 3 N–H and O–H groups in total. The van der Waals surface area contributed by atoms with E-state index < -0.39 is 0 Å². The zero-order valence-corrected chi connectivity index (χ0v) is 18.0. The lowest BCUT2D eigenvalue weighted by Crippen LogP contribution is -2.39. The summed E-state index contributed by atoms with van der Waals surface area (Å²) in [7, 11) is 0. The zero-order chi connectivity index (χ0) is 22.1. The molecule has 4 aromatic rings. The molecule has 4 heterocycles. The SMILES string of the molecule is NC(=O)C1CCN(c2nc(NCc3ccco3)c3cnn(-c4ccc(Cl)cc4)c3n2)CC1. The third kappa shape index (κ3) is 3.99. The number of benzene rings is 1. The Bertz CT molecular complexity index is 1230. The van der Waals surface area contributed by atoms with E-state index in [2.05, 4.69) is 15.3 Å². The molecule has 0 spiro atoms. The topological polar surface area (TPSA) is 115 Å². The van der Waals surface area contributed by atoms with E-state index in [1.165, 1.54) is 0 Å². The number of nitrogens with two attached hydrogens (primary N) is 1. The molecule has 1 aromatic carbocycles. The summed E-state index contributed by atoms with van der Waals surface area (Å²) >= 11 is 6.05. The lowest BCUT2D eigenvalue weighted by Gasteiger charge is -2.30. The molecule has 1 aliphatic heterocycles. The number of furan rings is 1. The smallest absolute Gasteiger partial charge is 0.229 e. The van der Waals surface area contributed by atoms with Crippen LogP contribution in [0.15, 0.2) is 53.3 Å². The summed E-state index contributed by atoms with van der Waals surface area (Å²) < 4.78 is 7.21. The molecule has 0 atom stereocenters. The summed E-state index contributed by atoms with van der Waals surface area (Å²) in [6.45, 7) is 1.80. The van der Waals surface area contributed by atoms with Gasteiger partial charge in [0.15, 0.2) is 5.65 Å². The van der Waals surface area contributed by atoms with Crippen LogP contribution in [0.5, 0.6) is 0 Å². The Hall–Kier alpha value is -3.59. The number of nitrogens with zero attached hydrogens (tertiary/aromatic N) is 5. The highest BCUT2D eigenvalue weighted by molar-refractivity contribution is 6.30. The fourth-order valence-corrected chi connectivity index (χ4v) is 4.02. The number of nitrogens with one attached hydrogen (secondary N) is 1. The summed E-state index contributed by atoms with van der Waals surface area (Å²) in [5.74, 6) is 1.69. The maximum Gasteiger partial charge on any atom is 0.229 e. The first-order chi connectivity index (χ1) is 15.6. The molecule has 0 aliphatic carbocycles. The molecule has 5 rings (SSSR count). The molecule has 9 nitrogen and oxygen atoms in total. The predicted octanol–water partition coefficient (Wildman–Crippen LogP) is 3.38. The van der Waals surface area contributed by atoms with Gasteiger partial charge in [-0.3, -0.25) is 4.79 Å². The fourth-order valence-electron chi connectivity index (χ4n) is 3.89. The van der Waals surface area contributed by atoms with Gasteiger partial charge in [-0.2, -0.15) is 15.1 Å². The van der Waals surface area contributed by atoms with Crippen LogP contribution < -0.4 is 16.0 Å². The molecule has 1 aliphatic rings. The Kier molecular flexibility index (Phi) is 5.40. The average Bonchev–Trinajstić information content (AvgIpc) is 3.48. The van der Waals surface area contributed by atoms with Crippen molar-refractivity contribution in [2.45, 2.75) is 19.4 Å². The van der Waals surface area contributed by atoms with Crippen molar-refractivity contribution in [2.75, 3.05) is 23.3 Å². The van der Waals surface area contributed by atoms with Crippen LogP contribution in [0.1, 0.15) is 18.6 Å². The summed E-state index contributed by atoms with van der Waals surface area (Å²) in [5.41, 5.74) is 7.01. The summed E-state index contributed by atoms with van der Waals surface area (Å²) in [5, 5.41) is 9.35. The van der Waals surface area contributed by atoms with E-state index in [-0.39, 0.29) is 11.8 Å². The molecule has 1 amide bonds. The van der Waals surface area contributed by atoms with Gasteiger partial charge in [0.2, 0.25) is 11.9 Å². The largest absolute Gasteiger partial charge is 0.467 e. The molecule has 1 saturated heterocycles. The second kappa shape index (κ2) is 8.51. The highest BCUT2D eigenvalue weighted by atomic mass is 35.5. The number of halogens is 1. The van der Waals surface area contributed by atoms with Crippen LogP contribution in [0, 0.1) is 5.92 Å². The van der Waals surface area contributed by atoms with Crippen LogP contribution in [0.25, 0.3) is 16.7 Å². The van der Waals surface area contributed by atoms with Crippen molar-refractivity contribution in [3.05, 3.63) is 59.6 Å². The van der Waals surface area contributed by atoms with Crippen LogP contribution in [-0.2, 0) is 11.3 Å². The van der Waals surface area contributed by atoms with Gasteiger partial charge in [-0.15, -0.1) is 0 Å². The van der Waals surface area contributed by atoms with Crippen LogP contribution in [0.4, 0.5) is 11.8 Å². The van der Waals surface area contributed by atoms with Crippen LogP contribution >= 0.6 is 11.6 Å². The molecular weight excluding hydrogens is 430 g/mol. The first-order valence-corrected chi connectivity index (χ1v) is 10.8. The van der Waals surface area contributed by atoms with Crippen molar-refractivity contribution in [1.29, 1.82) is 0 Å². The monoisotopic (exact) mass is 451 g/mol. The Balaban J connectivity index is 1.53. The van der Waals surface area contributed by atoms with Gasteiger partial charge in [0, 0.05) is 24.0 Å². The Labute approximate surface area is 189 Å². The Morgan fingerprint density at radius 2 is 1.97 bits per heavy atom. The Morgan fingerprint density at radius 3 is 2.66 bits per heavy atom. The number of anilines is 2. The van der Waals surface area contributed by atoms with Crippen molar-refractivity contribution in [3.63, 3.8) is 0 Å². The van der Waals surface area contributed by atoms with E-state index >= 15 is 0 Å². The minimum Gasteiger partial charge on any atom is -0.467 e. The summed E-state index contributed by atoms with van der Waals surface area (Å²) in [4.78, 5) is 23.2. The van der Waals surface area contributed by atoms with E-state index in [9.17, 15) is 4.79 Å². The molecule has 0 bridgehead atoms. The molecule has 1 fully saturated rings. The van der Waals surface area contributed by atoms with Crippen LogP contribution in [-0.4, -0.2) is 38.7 Å². The van der Waals surface area contributed by atoms with Gasteiger partial charge >= 0.3 is 0 Å². The number of rotatable bonds is 6. The van der Waals surface area contributed by atoms with Gasteiger partial charge in [0.05, 0.1) is 30.1 Å². The van der Waals surface area contributed by atoms with E-state index in [0.29, 0.717) is 54.9 Å². The number of amides is 1. The van der Waals surface area contributed by atoms with Gasteiger partial charge in [-0.05, 0) is 49.2 Å². The standard InChI is InChI=1S/C22H22ClN7O2/c23-15-3-5-16(6-4-15)30-21-18(13-26-30)20(25-12-17-2-1-11-32-17)27-22(28-21)29-9-7-14(8-10-29)19(24)31/h1-6,11,13-14H,7-10,12H2,(H2,24,31)(H,25,27,28). The van der Waals surface area contributed by atoms with Gasteiger partial charge < -0.3 is 20.4 Å². The molecule has 10 heteroatoms. The summed E-state index contributed by atoms with van der Waals surface area (Å²) in [6, 6.07) is 11.2. The highest BCUT2D eigenvalue weighted by Crippen LogP contribution is 2.28. The van der Waals surface area contributed by atoms with Crippen molar-refractivity contribution in [3.8, 4) is 5.69 Å². The second-order valence-corrected chi connectivity index (χ2v) is 8.18. The predicted molar refractivity (Wildman–Crippen MR) is 122 cm³/mol. The minimum atomic E-state index is -0.248. The first kappa shape index (κ1) is 20.3. The zero-order valence-electron chi connectivity index (χ0n) is 17.2. The van der Waals surface area contributed by atoms with Gasteiger partial charge in [-0.25, -0.2) is 4.68 Å². The van der Waals surface area contributed by atoms with Crippen molar-refractivity contribution < 1.29 is 9.21 Å². The number of fused-ring (bicyclic) bond motifs is 1. The lowest BCUT2D eigenvalue weighted by molar-refractivity contribution is -0.122. The average molecular weight is 452 g/mol. The number of piperidine rings is 1. The number of primary amides is 1. The molecule has 3 aromatic heterocycles. The van der Waals surface area contributed by atoms with Crippen molar-refractivity contribution in [2.24, 2.45) is 11.7 Å². The molecule has 0 saturated carbocycles. The van der Waals surface area contributed by atoms with Crippen LogP contribution in [0.2, 0.25) is 5.02 Å². The maximum atomic E-state index is 11.5. The first-order valence-electron chi connectivity index (χ1n) is 10.4. The number of carbonyl (C=O) groups excluding carboxylic acids is 1. The van der Waals surface area contributed by atoms with Gasteiger partial charge in [-0.1, -0.05) is 11.6 Å². The quantitative estimate of drug-likeness (QED) is 0.461. The fraction of sp³-hybridized carbons (Fsp3) is 0.273. The summed E-state index contributed by atoms with van der Waals surface area (Å²) in [6.07, 6.45) is 4.75. The van der Waals surface area contributed by atoms with Crippen molar-refractivity contribution >= 4 is 40.3 Å². The molecule has 164 valence electrons. The number of hydrogen-bond donors (Lipinski definition) is 2. The van der Waals surface area contributed by atoms with E-state index in [4.69, 9.17) is 31.7 Å². The molecular formula is C22H22ClN7O2. The van der Waals surface area contributed by atoms with E-state index in [1.54, 1.807) is 17.1 Å². The van der Waals surface area contributed by atoms with Gasteiger partial charge in [0.1, 0.15) is 11.6 Å². The number of carbonyl (C=O) groups is 1. The molecule has 0 radical (unpaired) electrons. The molecule has 0 unspecified atom stereocenters. The highest BCUT2D eigenvalue weighted by Gasteiger charge is 2.26. The van der Waals surface area contributed by atoms with Gasteiger partial charge in [0.25, 0.3) is 0 Å². The number of hydrogen-bond acceptors (Lipinski definition) is 7. The van der Waals surface area contributed by atoms with Crippen molar-refractivity contribution in [1.82, 2.24) is 19.7 Å². The Morgan fingerprint density at radius 1 is 1.19 bits per heavy atom. The maximum absolute atomic E-state index is 11.5. The normalized spacial score (nSPS) is 14.7. The number of aromatic nitrogens is 4. The minimum absolute atomic E-state index is 0.105.